The van der Waals surface area contributed by atoms with Crippen LogP contribution in [-0.4, -0.2) is 25.5 Å². The monoisotopic (exact) mass is 312 g/mol. The number of anilines is 1. The predicted octanol–water partition coefficient (Wildman–Crippen LogP) is 2.64. The second-order valence-corrected chi connectivity index (χ2v) is 6.76. The molecule has 1 fully saturated rings. The van der Waals surface area contributed by atoms with Crippen molar-refractivity contribution >= 4 is 21.8 Å². The smallest absolute Gasteiger partial charge is 0.319 e. The minimum absolute atomic E-state index is 0.243. The molecule has 0 radical (unpaired) electrons. The highest BCUT2D eigenvalue weighted by molar-refractivity contribution is 7.85. The summed E-state index contributed by atoms with van der Waals surface area (Å²) in [5, 5.41) is 5.37. The molecule has 0 saturated heterocycles. The fraction of sp³-hybridized carbons (Fsp3) is 0.500. The SMILES string of the molecule is O=C(NCC1CCCCC1)Nc1cccc(S(=O)(=O)O)c1. The summed E-state index contributed by atoms with van der Waals surface area (Å²) in [6.07, 6.45) is 5.97. The standard InChI is InChI=1S/C14H20N2O4S/c17-14(15-10-11-5-2-1-3-6-11)16-12-7-4-8-13(9-12)21(18,19)20/h4,7-9,11H,1-3,5-6,10H2,(H2,15,16,17)(H,18,19,20). The average molecular weight is 312 g/mol. The second-order valence-electron chi connectivity index (χ2n) is 5.34. The van der Waals surface area contributed by atoms with E-state index < -0.39 is 10.1 Å². The van der Waals surface area contributed by atoms with Gasteiger partial charge in [0, 0.05) is 12.2 Å². The number of nitrogens with one attached hydrogen (secondary N) is 2. The van der Waals surface area contributed by atoms with Gasteiger partial charge in [0.1, 0.15) is 0 Å². The topological polar surface area (TPSA) is 95.5 Å². The maximum atomic E-state index is 11.8. The summed E-state index contributed by atoms with van der Waals surface area (Å²) >= 11 is 0. The van der Waals surface area contributed by atoms with E-state index in [4.69, 9.17) is 4.55 Å². The van der Waals surface area contributed by atoms with Crippen LogP contribution in [0.15, 0.2) is 29.2 Å². The van der Waals surface area contributed by atoms with Gasteiger partial charge in [0.05, 0.1) is 4.90 Å². The van der Waals surface area contributed by atoms with Crippen LogP contribution in [0.5, 0.6) is 0 Å². The zero-order chi connectivity index (χ0) is 15.3. The summed E-state index contributed by atoms with van der Waals surface area (Å²) in [7, 11) is -4.26. The molecule has 116 valence electrons. The predicted molar refractivity (Wildman–Crippen MR) is 79.9 cm³/mol. The average Bonchev–Trinajstić information content (AvgIpc) is 2.46. The largest absolute Gasteiger partial charge is 0.338 e. The molecular formula is C14H20N2O4S. The van der Waals surface area contributed by atoms with Gasteiger partial charge in [0.15, 0.2) is 0 Å². The lowest BCUT2D eigenvalue weighted by molar-refractivity contribution is 0.247. The van der Waals surface area contributed by atoms with Crippen LogP contribution in [0.4, 0.5) is 10.5 Å². The minimum atomic E-state index is -4.26. The van der Waals surface area contributed by atoms with Gasteiger partial charge in [-0.2, -0.15) is 8.42 Å². The van der Waals surface area contributed by atoms with E-state index in [1.165, 1.54) is 37.5 Å². The molecule has 0 aromatic heterocycles. The van der Waals surface area contributed by atoms with E-state index in [2.05, 4.69) is 10.6 Å². The van der Waals surface area contributed by atoms with Crippen LogP contribution in [0.2, 0.25) is 0 Å². The number of carbonyl (C=O) groups is 1. The molecule has 6 nitrogen and oxygen atoms in total. The van der Waals surface area contributed by atoms with Crippen molar-refractivity contribution in [3.63, 3.8) is 0 Å². The quantitative estimate of drug-likeness (QED) is 0.745. The van der Waals surface area contributed by atoms with Crippen molar-refractivity contribution < 1.29 is 17.8 Å². The van der Waals surface area contributed by atoms with E-state index in [0.717, 1.165) is 12.8 Å². The molecule has 0 atom stereocenters. The van der Waals surface area contributed by atoms with E-state index in [1.807, 2.05) is 0 Å². The molecule has 21 heavy (non-hydrogen) atoms. The van der Waals surface area contributed by atoms with E-state index in [-0.39, 0.29) is 10.9 Å². The van der Waals surface area contributed by atoms with Crippen LogP contribution < -0.4 is 10.6 Å². The maximum Gasteiger partial charge on any atom is 0.319 e. The van der Waals surface area contributed by atoms with Crippen LogP contribution in [0.25, 0.3) is 0 Å². The van der Waals surface area contributed by atoms with Gasteiger partial charge < -0.3 is 10.6 Å². The van der Waals surface area contributed by atoms with Crippen molar-refractivity contribution in [3.05, 3.63) is 24.3 Å². The van der Waals surface area contributed by atoms with Crippen LogP contribution in [0.3, 0.4) is 0 Å². The van der Waals surface area contributed by atoms with E-state index in [0.29, 0.717) is 18.2 Å². The first kappa shape index (κ1) is 15.8. The van der Waals surface area contributed by atoms with Gasteiger partial charge in [-0.05, 0) is 37.0 Å². The normalized spacial score (nSPS) is 16.4. The Labute approximate surface area is 124 Å². The van der Waals surface area contributed by atoms with E-state index >= 15 is 0 Å². The summed E-state index contributed by atoms with van der Waals surface area (Å²) in [6, 6.07) is 5.14. The number of amides is 2. The third-order valence-electron chi connectivity index (χ3n) is 3.67. The van der Waals surface area contributed by atoms with Crippen LogP contribution in [0, 0.1) is 5.92 Å². The first-order valence-electron chi connectivity index (χ1n) is 7.07. The van der Waals surface area contributed by atoms with Crippen molar-refractivity contribution in [2.45, 2.75) is 37.0 Å². The Balaban J connectivity index is 1.87. The van der Waals surface area contributed by atoms with Crippen molar-refractivity contribution in [2.75, 3.05) is 11.9 Å². The Morgan fingerprint density at radius 3 is 2.62 bits per heavy atom. The summed E-state index contributed by atoms with van der Waals surface area (Å²) < 4.78 is 31.0. The highest BCUT2D eigenvalue weighted by Crippen LogP contribution is 2.22. The Kier molecular flexibility index (Phi) is 5.19. The fourth-order valence-corrected chi connectivity index (χ4v) is 3.06. The van der Waals surface area contributed by atoms with Gasteiger partial charge in [-0.1, -0.05) is 25.3 Å². The number of rotatable bonds is 4. The van der Waals surface area contributed by atoms with Gasteiger partial charge in [-0.3, -0.25) is 4.55 Å². The van der Waals surface area contributed by atoms with Crippen LogP contribution in [0.1, 0.15) is 32.1 Å². The van der Waals surface area contributed by atoms with Crippen molar-refractivity contribution in [2.24, 2.45) is 5.92 Å². The molecule has 1 aliphatic carbocycles. The maximum absolute atomic E-state index is 11.8. The molecule has 0 bridgehead atoms. The molecule has 1 aromatic rings. The zero-order valence-electron chi connectivity index (χ0n) is 11.7. The number of hydrogen-bond acceptors (Lipinski definition) is 3. The molecule has 2 rings (SSSR count). The zero-order valence-corrected chi connectivity index (χ0v) is 12.5. The molecule has 1 saturated carbocycles. The summed E-state index contributed by atoms with van der Waals surface area (Å²) in [5.41, 5.74) is 0.325. The first-order chi connectivity index (χ1) is 9.95. The Bertz CT molecular complexity index is 595. The van der Waals surface area contributed by atoms with Gasteiger partial charge >= 0.3 is 6.03 Å². The molecule has 0 heterocycles. The summed E-state index contributed by atoms with van der Waals surface area (Å²) in [6.45, 7) is 0.629. The first-order valence-corrected chi connectivity index (χ1v) is 8.51. The highest BCUT2D eigenvalue weighted by Gasteiger charge is 2.15. The van der Waals surface area contributed by atoms with Gasteiger partial charge in [-0.25, -0.2) is 4.79 Å². The third-order valence-corrected chi connectivity index (χ3v) is 4.52. The van der Waals surface area contributed by atoms with E-state index in [1.54, 1.807) is 6.07 Å². The Morgan fingerprint density at radius 1 is 1.24 bits per heavy atom. The number of urea groups is 1. The third kappa shape index (κ3) is 5.02. The van der Waals surface area contributed by atoms with Gasteiger partial charge in [-0.15, -0.1) is 0 Å². The lowest BCUT2D eigenvalue weighted by Gasteiger charge is -2.21. The number of hydrogen-bond donors (Lipinski definition) is 3. The molecule has 1 aliphatic rings. The van der Waals surface area contributed by atoms with Crippen molar-refractivity contribution in [1.29, 1.82) is 0 Å². The minimum Gasteiger partial charge on any atom is -0.338 e. The van der Waals surface area contributed by atoms with Gasteiger partial charge in [0.2, 0.25) is 0 Å². The van der Waals surface area contributed by atoms with Crippen LogP contribution >= 0.6 is 0 Å². The number of benzene rings is 1. The van der Waals surface area contributed by atoms with Crippen molar-refractivity contribution in [1.82, 2.24) is 5.32 Å². The second kappa shape index (κ2) is 6.91. The molecule has 0 aliphatic heterocycles. The van der Waals surface area contributed by atoms with Crippen LogP contribution in [-0.2, 0) is 10.1 Å². The fourth-order valence-electron chi connectivity index (χ4n) is 2.54. The number of carbonyl (C=O) groups excluding carboxylic acids is 1. The van der Waals surface area contributed by atoms with Gasteiger partial charge in [0.25, 0.3) is 10.1 Å². The molecule has 2 amide bonds. The molecular weight excluding hydrogens is 292 g/mol. The molecule has 0 unspecified atom stereocenters. The highest BCUT2D eigenvalue weighted by atomic mass is 32.2. The molecule has 1 aromatic carbocycles. The lowest BCUT2D eigenvalue weighted by atomic mass is 9.89. The Morgan fingerprint density at radius 2 is 1.95 bits per heavy atom. The summed E-state index contributed by atoms with van der Waals surface area (Å²) in [4.78, 5) is 11.5. The summed E-state index contributed by atoms with van der Waals surface area (Å²) in [5.74, 6) is 0.522. The lowest BCUT2D eigenvalue weighted by Crippen LogP contribution is -2.33. The van der Waals surface area contributed by atoms with Crippen molar-refractivity contribution in [3.8, 4) is 0 Å². The molecule has 3 N–H and O–H groups in total. The van der Waals surface area contributed by atoms with E-state index in [9.17, 15) is 13.2 Å². The Hall–Kier alpha value is -1.60. The molecule has 0 spiro atoms. The molecule has 7 heteroatoms.